The van der Waals surface area contributed by atoms with Gasteiger partial charge in [0, 0.05) is 30.7 Å². The monoisotopic (exact) mass is 268 g/mol. The van der Waals surface area contributed by atoms with E-state index in [0.29, 0.717) is 5.54 Å². The van der Waals surface area contributed by atoms with Crippen LogP contribution in [0.5, 0.6) is 0 Å². The molecule has 0 amide bonds. The summed E-state index contributed by atoms with van der Waals surface area (Å²) in [6.45, 7) is 14.1. The average molecular weight is 268 g/mol. The van der Waals surface area contributed by atoms with Crippen molar-refractivity contribution < 1.29 is 0 Å². The Bertz CT molecular complexity index is 241. The maximum absolute atomic E-state index is 3.77. The first-order valence-electron chi connectivity index (χ1n) is 8.57. The van der Waals surface area contributed by atoms with Crippen LogP contribution in [0.25, 0.3) is 0 Å². The number of nitrogens with one attached hydrogen (secondary N) is 1. The molecule has 0 bridgehead atoms. The maximum atomic E-state index is 3.77. The fraction of sp³-hybridized carbons (Fsp3) is 1.00. The lowest BCUT2D eigenvalue weighted by atomic mass is 9.91. The maximum Gasteiger partial charge on any atom is 0.0278 e. The molecule has 1 fully saturated rings. The third-order valence-electron chi connectivity index (χ3n) is 5.06. The Balaban J connectivity index is 2.49. The Hall–Kier alpha value is -0.0800. The van der Waals surface area contributed by atoms with Gasteiger partial charge in [-0.1, -0.05) is 46.5 Å². The van der Waals surface area contributed by atoms with E-state index in [1.807, 2.05) is 0 Å². The lowest BCUT2D eigenvalue weighted by Crippen LogP contribution is -2.64. The van der Waals surface area contributed by atoms with E-state index in [9.17, 15) is 0 Å². The van der Waals surface area contributed by atoms with Crippen molar-refractivity contribution >= 4 is 0 Å². The summed E-state index contributed by atoms with van der Waals surface area (Å²) < 4.78 is 0. The number of hydrogen-bond donors (Lipinski definition) is 1. The second-order valence-corrected chi connectivity index (χ2v) is 6.73. The smallest absolute Gasteiger partial charge is 0.0278 e. The van der Waals surface area contributed by atoms with E-state index >= 15 is 0 Å². The van der Waals surface area contributed by atoms with Gasteiger partial charge < -0.3 is 5.32 Å². The Kier molecular flexibility index (Phi) is 7.38. The van der Waals surface area contributed by atoms with Gasteiger partial charge in [-0.25, -0.2) is 0 Å². The summed E-state index contributed by atoms with van der Waals surface area (Å²) in [5.41, 5.74) is 0.323. The molecule has 3 unspecified atom stereocenters. The number of nitrogens with zero attached hydrogens (tertiary/aromatic N) is 1. The highest BCUT2D eigenvalue weighted by molar-refractivity contribution is 4.95. The van der Waals surface area contributed by atoms with Crippen LogP contribution in [0.1, 0.15) is 79.6 Å². The first-order valence-corrected chi connectivity index (χ1v) is 8.57. The summed E-state index contributed by atoms with van der Waals surface area (Å²) in [5.74, 6) is 0. The molecule has 1 N–H and O–H groups in total. The Morgan fingerprint density at radius 1 is 1.21 bits per heavy atom. The van der Waals surface area contributed by atoms with Crippen molar-refractivity contribution in [3.8, 4) is 0 Å². The van der Waals surface area contributed by atoms with Gasteiger partial charge in [0.25, 0.3) is 0 Å². The molecule has 0 saturated carbocycles. The van der Waals surface area contributed by atoms with Crippen LogP contribution in [0.4, 0.5) is 0 Å². The van der Waals surface area contributed by atoms with Gasteiger partial charge in [0.2, 0.25) is 0 Å². The highest BCUT2D eigenvalue weighted by Crippen LogP contribution is 2.24. The van der Waals surface area contributed by atoms with E-state index in [2.05, 4.69) is 44.8 Å². The number of hydrogen-bond acceptors (Lipinski definition) is 2. The molecule has 0 aliphatic carbocycles. The number of piperazine rings is 1. The van der Waals surface area contributed by atoms with E-state index in [1.165, 1.54) is 58.0 Å². The zero-order valence-electron chi connectivity index (χ0n) is 14.0. The van der Waals surface area contributed by atoms with Crippen LogP contribution in [0.2, 0.25) is 0 Å². The molecule has 0 aromatic carbocycles. The molecule has 2 heteroatoms. The summed E-state index contributed by atoms with van der Waals surface area (Å²) in [4.78, 5) is 2.78. The molecule has 1 aliphatic heterocycles. The molecule has 0 spiro atoms. The Labute approximate surface area is 121 Å². The summed E-state index contributed by atoms with van der Waals surface area (Å²) in [7, 11) is 0. The minimum Gasteiger partial charge on any atom is -0.309 e. The van der Waals surface area contributed by atoms with Crippen molar-refractivity contribution in [3.05, 3.63) is 0 Å². The quantitative estimate of drug-likeness (QED) is 0.664. The normalized spacial score (nSPS) is 30.5. The molecule has 1 aliphatic rings. The first kappa shape index (κ1) is 17.0. The van der Waals surface area contributed by atoms with E-state index in [4.69, 9.17) is 0 Å². The summed E-state index contributed by atoms with van der Waals surface area (Å²) >= 11 is 0. The molecule has 0 aromatic rings. The summed E-state index contributed by atoms with van der Waals surface area (Å²) in [5, 5.41) is 3.77. The van der Waals surface area contributed by atoms with Gasteiger partial charge in [0.15, 0.2) is 0 Å². The molecule has 0 aromatic heterocycles. The van der Waals surface area contributed by atoms with Crippen molar-refractivity contribution in [1.29, 1.82) is 0 Å². The highest BCUT2D eigenvalue weighted by atomic mass is 15.3. The molecule has 3 atom stereocenters. The third-order valence-corrected chi connectivity index (χ3v) is 5.06. The second kappa shape index (κ2) is 8.26. The van der Waals surface area contributed by atoms with Gasteiger partial charge >= 0.3 is 0 Å². The SMILES string of the molecule is CCCCCCC(C)N1CC(C)(CC)NCC1CC. The lowest BCUT2D eigenvalue weighted by molar-refractivity contribution is 0.0459. The first-order chi connectivity index (χ1) is 9.06. The van der Waals surface area contributed by atoms with Crippen LogP contribution >= 0.6 is 0 Å². The van der Waals surface area contributed by atoms with Crippen LogP contribution in [0, 0.1) is 0 Å². The predicted octanol–water partition coefficient (Wildman–Crippen LogP) is 4.20. The second-order valence-electron chi connectivity index (χ2n) is 6.73. The van der Waals surface area contributed by atoms with Crippen LogP contribution in [0.3, 0.4) is 0 Å². The van der Waals surface area contributed by atoms with E-state index < -0.39 is 0 Å². The standard InChI is InChI=1S/C17H36N2/c1-6-9-10-11-12-15(4)19-14-17(5,8-3)18-13-16(19)7-2/h15-16,18H,6-14H2,1-5H3. The van der Waals surface area contributed by atoms with E-state index in [0.717, 1.165) is 12.1 Å². The molecule has 0 radical (unpaired) electrons. The van der Waals surface area contributed by atoms with Crippen molar-refractivity contribution in [2.75, 3.05) is 13.1 Å². The van der Waals surface area contributed by atoms with Crippen LogP contribution in [0.15, 0.2) is 0 Å². The van der Waals surface area contributed by atoms with Gasteiger partial charge in [-0.15, -0.1) is 0 Å². The molecule has 1 saturated heterocycles. The molecule has 1 heterocycles. The fourth-order valence-corrected chi connectivity index (χ4v) is 3.23. The van der Waals surface area contributed by atoms with Gasteiger partial charge in [0.1, 0.15) is 0 Å². The van der Waals surface area contributed by atoms with E-state index in [-0.39, 0.29) is 0 Å². The molecular formula is C17H36N2. The molecule has 19 heavy (non-hydrogen) atoms. The van der Waals surface area contributed by atoms with Gasteiger partial charge in [-0.05, 0) is 33.1 Å². The van der Waals surface area contributed by atoms with Gasteiger partial charge in [0.05, 0.1) is 0 Å². The average Bonchev–Trinajstić information content (AvgIpc) is 2.43. The Morgan fingerprint density at radius 3 is 2.53 bits per heavy atom. The zero-order chi connectivity index (χ0) is 14.3. The highest BCUT2D eigenvalue weighted by Gasteiger charge is 2.35. The minimum atomic E-state index is 0.323. The summed E-state index contributed by atoms with van der Waals surface area (Å²) in [6.07, 6.45) is 9.42. The molecule has 114 valence electrons. The minimum absolute atomic E-state index is 0.323. The largest absolute Gasteiger partial charge is 0.309 e. The number of unbranched alkanes of at least 4 members (excludes halogenated alkanes) is 3. The zero-order valence-corrected chi connectivity index (χ0v) is 14.0. The van der Waals surface area contributed by atoms with Crippen LogP contribution < -0.4 is 5.32 Å². The van der Waals surface area contributed by atoms with Crippen molar-refractivity contribution in [1.82, 2.24) is 10.2 Å². The lowest BCUT2D eigenvalue weighted by Gasteiger charge is -2.48. The molecule has 1 rings (SSSR count). The third kappa shape index (κ3) is 5.07. The van der Waals surface area contributed by atoms with Crippen molar-refractivity contribution in [2.24, 2.45) is 0 Å². The van der Waals surface area contributed by atoms with Gasteiger partial charge in [-0.3, -0.25) is 4.90 Å². The molecule has 2 nitrogen and oxygen atoms in total. The summed E-state index contributed by atoms with van der Waals surface area (Å²) in [6, 6.07) is 1.48. The molecular weight excluding hydrogens is 232 g/mol. The van der Waals surface area contributed by atoms with Crippen molar-refractivity contribution in [2.45, 2.75) is 97.2 Å². The predicted molar refractivity (Wildman–Crippen MR) is 85.7 cm³/mol. The van der Waals surface area contributed by atoms with Crippen LogP contribution in [-0.2, 0) is 0 Å². The van der Waals surface area contributed by atoms with Crippen molar-refractivity contribution in [3.63, 3.8) is 0 Å². The van der Waals surface area contributed by atoms with Crippen LogP contribution in [-0.4, -0.2) is 35.6 Å². The Morgan fingerprint density at radius 2 is 1.95 bits per heavy atom. The number of rotatable bonds is 8. The fourth-order valence-electron chi connectivity index (χ4n) is 3.23. The van der Waals surface area contributed by atoms with Gasteiger partial charge in [-0.2, -0.15) is 0 Å². The topological polar surface area (TPSA) is 15.3 Å². The van der Waals surface area contributed by atoms with E-state index in [1.54, 1.807) is 0 Å².